The molecule has 0 amide bonds. The fourth-order valence-corrected chi connectivity index (χ4v) is 3.15. The van der Waals surface area contributed by atoms with E-state index in [0.717, 1.165) is 36.3 Å². The molecule has 3 aromatic rings. The summed E-state index contributed by atoms with van der Waals surface area (Å²) in [6, 6.07) is 13.3. The third kappa shape index (κ3) is 4.83. The summed E-state index contributed by atoms with van der Waals surface area (Å²) in [5, 5.41) is 6.54. The molecule has 7 heteroatoms. The molecule has 0 saturated carbocycles. The van der Waals surface area contributed by atoms with Crippen molar-refractivity contribution in [3.63, 3.8) is 0 Å². The normalized spacial score (nSPS) is 16.0. The molecule has 0 spiro atoms. The van der Waals surface area contributed by atoms with E-state index in [0.29, 0.717) is 23.7 Å². The highest BCUT2D eigenvalue weighted by atomic mass is 16.5. The van der Waals surface area contributed by atoms with Crippen LogP contribution >= 0.6 is 0 Å². The number of benzene rings is 1. The van der Waals surface area contributed by atoms with Crippen LogP contribution in [0.5, 0.6) is 11.6 Å². The number of pyridine rings is 1. The molecular formula is C22H21N5O2. The Hall–Kier alpha value is -3.58. The highest BCUT2D eigenvalue weighted by Gasteiger charge is 2.18. The smallest absolute Gasteiger partial charge is 0.245 e. The van der Waals surface area contributed by atoms with Crippen molar-refractivity contribution in [1.29, 1.82) is 0 Å². The van der Waals surface area contributed by atoms with Crippen molar-refractivity contribution in [2.24, 2.45) is 0 Å². The minimum absolute atomic E-state index is 0.0167. The number of rotatable bonds is 7. The molecule has 0 radical (unpaired) electrons. The van der Waals surface area contributed by atoms with Crippen LogP contribution in [0.25, 0.3) is 5.57 Å². The Bertz CT molecular complexity index is 990. The number of anilines is 2. The van der Waals surface area contributed by atoms with Crippen molar-refractivity contribution in [3.8, 4) is 11.6 Å². The number of carbonyl (C=O) groups is 1. The molecule has 0 aliphatic carbocycles. The van der Waals surface area contributed by atoms with Crippen molar-refractivity contribution < 1.29 is 9.53 Å². The van der Waals surface area contributed by atoms with Crippen LogP contribution in [0.2, 0.25) is 0 Å². The van der Waals surface area contributed by atoms with Gasteiger partial charge in [0.15, 0.2) is 0 Å². The van der Waals surface area contributed by atoms with Crippen LogP contribution in [0.15, 0.2) is 67.1 Å². The molecule has 1 aromatic carbocycles. The second-order valence-corrected chi connectivity index (χ2v) is 6.58. The van der Waals surface area contributed by atoms with Crippen LogP contribution in [0.3, 0.4) is 0 Å². The van der Waals surface area contributed by atoms with Gasteiger partial charge in [0, 0.05) is 36.7 Å². The lowest BCUT2D eigenvalue weighted by Crippen LogP contribution is -2.32. The number of nitrogens with zero attached hydrogens (tertiary/aromatic N) is 3. The highest BCUT2D eigenvalue weighted by molar-refractivity contribution is 5.69. The molecule has 1 atom stereocenters. The summed E-state index contributed by atoms with van der Waals surface area (Å²) in [5.74, 6) is 1.90. The van der Waals surface area contributed by atoms with Crippen molar-refractivity contribution in [2.45, 2.75) is 18.9 Å². The summed E-state index contributed by atoms with van der Waals surface area (Å²) in [6.45, 7) is 0.786. The Morgan fingerprint density at radius 3 is 2.72 bits per heavy atom. The van der Waals surface area contributed by atoms with E-state index in [1.807, 2.05) is 48.5 Å². The van der Waals surface area contributed by atoms with Gasteiger partial charge in [-0.15, -0.1) is 0 Å². The predicted octanol–water partition coefficient (Wildman–Crippen LogP) is 3.74. The Morgan fingerprint density at radius 1 is 1.07 bits per heavy atom. The number of aldehydes is 1. The first-order chi connectivity index (χ1) is 14.3. The number of carbonyl (C=O) groups excluding carboxylic acids is 1. The maximum atomic E-state index is 10.8. The molecule has 146 valence electrons. The molecule has 29 heavy (non-hydrogen) atoms. The molecule has 1 aliphatic heterocycles. The van der Waals surface area contributed by atoms with Gasteiger partial charge in [-0.1, -0.05) is 12.1 Å². The average Bonchev–Trinajstić information content (AvgIpc) is 2.77. The first-order valence-electron chi connectivity index (χ1n) is 9.47. The van der Waals surface area contributed by atoms with Crippen LogP contribution in [-0.2, 0) is 4.79 Å². The molecule has 0 fully saturated rings. The highest BCUT2D eigenvalue weighted by Crippen LogP contribution is 2.30. The maximum Gasteiger partial charge on any atom is 0.245 e. The average molecular weight is 387 g/mol. The molecule has 4 rings (SSSR count). The van der Waals surface area contributed by atoms with Crippen molar-refractivity contribution in [3.05, 3.63) is 72.8 Å². The van der Waals surface area contributed by atoms with Gasteiger partial charge in [-0.05, 0) is 54.9 Å². The van der Waals surface area contributed by atoms with Crippen LogP contribution in [-0.4, -0.2) is 33.8 Å². The van der Waals surface area contributed by atoms with Gasteiger partial charge in [0.1, 0.15) is 23.5 Å². The van der Waals surface area contributed by atoms with Gasteiger partial charge in [0.2, 0.25) is 5.88 Å². The summed E-state index contributed by atoms with van der Waals surface area (Å²) in [6.07, 6.45) is 9.20. The number of nitrogens with one attached hydrogen (secondary N) is 2. The fourth-order valence-electron chi connectivity index (χ4n) is 3.15. The first-order valence-corrected chi connectivity index (χ1v) is 9.47. The Labute approximate surface area is 168 Å². The molecule has 3 heterocycles. The Morgan fingerprint density at radius 2 is 1.93 bits per heavy atom. The maximum absolute atomic E-state index is 10.8. The van der Waals surface area contributed by atoms with Gasteiger partial charge in [0.05, 0.1) is 0 Å². The van der Waals surface area contributed by atoms with E-state index < -0.39 is 0 Å². The standard InChI is InChI=1S/C22H21N5O2/c28-14-9-18-15-16(8-11-23-18)21-22(26-13-12-25-21)29-19-6-4-17(5-7-19)27-20-3-1-2-10-24-20/h1-7,10,12-15,18,23H,8-9,11H2,(H,24,27). The number of hydrogen-bond acceptors (Lipinski definition) is 7. The second-order valence-electron chi connectivity index (χ2n) is 6.58. The monoisotopic (exact) mass is 387 g/mol. The van der Waals surface area contributed by atoms with E-state index in [2.05, 4.69) is 25.6 Å². The lowest BCUT2D eigenvalue weighted by Gasteiger charge is -2.21. The van der Waals surface area contributed by atoms with Crippen molar-refractivity contribution in [1.82, 2.24) is 20.3 Å². The largest absolute Gasteiger partial charge is 0.437 e. The number of hydrogen-bond donors (Lipinski definition) is 2. The van der Waals surface area contributed by atoms with E-state index in [1.165, 1.54) is 0 Å². The lowest BCUT2D eigenvalue weighted by atomic mass is 10.00. The molecule has 1 unspecified atom stereocenters. The number of aromatic nitrogens is 3. The third-order valence-electron chi connectivity index (χ3n) is 4.53. The van der Waals surface area contributed by atoms with Crippen molar-refractivity contribution >= 4 is 23.4 Å². The number of ether oxygens (including phenoxy) is 1. The van der Waals surface area contributed by atoms with Gasteiger partial charge in [-0.3, -0.25) is 0 Å². The minimum Gasteiger partial charge on any atom is -0.437 e. The molecule has 1 aliphatic rings. The molecule has 0 bridgehead atoms. The predicted molar refractivity (Wildman–Crippen MR) is 111 cm³/mol. The van der Waals surface area contributed by atoms with E-state index >= 15 is 0 Å². The minimum atomic E-state index is 0.0167. The zero-order valence-corrected chi connectivity index (χ0v) is 15.8. The van der Waals surface area contributed by atoms with E-state index in [4.69, 9.17) is 4.74 Å². The zero-order valence-electron chi connectivity index (χ0n) is 15.8. The quantitative estimate of drug-likeness (QED) is 0.597. The zero-order chi connectivity index (χ0) is 19.9. The van der Waals surface area contributed by atoms with Gasteiger partial charge in [-0.2, -0.15) is 0 Å². The van der Waals surface area contributed by atoms with Crippen LogP contribution < -0.4 is 15.4 Å². The van der Waals surface area contributed by atoms with Crippen LogP contribution in [0.1, 0.15) is 18.5 Å². The van der Waals surface area contributed by atoms with E-state index in [1.54, 1.807) is 18.6 Å². The van der Waals surface area contributed by atoms with Gasteiger partial charge in [0.25, 0.3) is 0 Å². The summed E-state index contributed by atoms with van der Waals surface area (Å²) in [7, 11) is 0. The van der Waals surface area contributed by atoms with Gasteiger partial charge < -0.3 is 20.2 Å². The SMILES string of the molecule is O=CCC1C=C(c2nccnc2Oc2ccc(Nc3ccccn3)cc2)CCN1. The van der Waals surface area contributed by atoms with Crippen LogP contribution in [0.4, 0.5) is 11.5 Å². The Kier molecular flexibility index (Phi) is 5.87. The van der Waals surface area contributed by atoms with E-state index in [9.17, 15) is 4.79 Å². The topological polar surface area (TPSA) is 89.0 Å². The summed E-state index contributed by atoms with van der Waals surface area (Å²) in [4.78, 5) is 23.9. The summed E-state index contributed by atoms with van der Waals surface area (Å²) >= 11 is 0. The molecule has 7 nitrogen and oxygen atoms in total. The third-order valence-corrected chi connectivity index (χ3v) is 4.53. The molecule has 2 aromatic heterocycles. The molecule has 0 saturated heterocycles. The van der Waals surface area contributed by atoms with E-state index in [-0.39, 0.29) is 6.04 Å². The van der Waals surface area contributed by atoms with Crippen LogP contribution in [0, 0.1) is 0 Å². The first kappa shape index (κ1) is 18.8. The second kappa shape index (κ2) is 9.07. The molecular weight excluding hydrogens is 366 g/mol. The summed E-state index contributed by atoms with van der Waals surface area (Å²) < 4.78 is 6.02. The fraction of sp³-hybridized carbons (Fsp3) is 0.182. The van der Waals surface area contributed by atoms with Crippen molar-refractivity contribution in [2.75, 3.05) is 11.9 Å². The molecule has 2 N–H and O–H groups in total. The van der Waals surface area contributed by atoms with Gasteiger partial charge >= 0.3 is 0 Å². The summed E-state index contributed by atoms with van der Waals surface area (Å²) in [5.41, 5.74) is 2.65. The Balaban J connectivity index is 1.51. The van der Waals surface area contributed by atoms with Gasteiger partial charge in [-0.25, -0.2) is 15.0 Å². The lowest BCUT2D eigenvalue weighted by molar-refractivity contribution is -0.108.